The van der Waals surface area contributed by atoms with Gasteiger partial charge in [0.25, 0.3) is 0 Å². The SMILES string of the molecule is Nc1cccc(NCC(F)(F)F)c1[N+](=O)[O-]. The molecule has 0 amide bonds. The van der Waals surface area contributed by atoms with E-state index in [0.717, 1.165) is 0 Å². The van der Waals surface area contributed by atoms with Crippen LogP contribution in [0.25, 0.3) is 0 Å². The van der Waals surface area contributed by atoms with Crippen LogP contribution in [0.4, 0.5) is 30.2 Å². The van der Waals surface area contributed by atoms with Crippen molar-refractivity contribution < 1.29 is 18.1 Å². The van der Waals surface area contributed by atoms with Crippen molar-refractivity contribution in [2.24, 2.45) is 0 Å². The molecule has 3 N–H and O–H groups in total. The summed E-state index contributed by atoms with van der Waals surface area (Å²) in [7, 11) is 0. The van der Waals surface area contributed by atoms with E-state index in [1.54, 1.807) is 0 Å². The van der Waals surface area contributed by atoms with E-state index >= 15 is 0 Å². The van der Waals surface area contributed by atoms with Crippen LogP contribution in [-0.2, 0) is 0 Å². The second kappa shape index (κ2) is 4.25. The van der Waals surface area contributed by atoms with Crippen LogP contribution in [0, 0.1) is 10.1 Å². The normalized spacial score (nSPS) is 11.2. The van der Waals surface area contributed by atoms with E-state index in [0.29, 0.717) is 0 Å². The lowest BCUT2D eigenvalue weighted by atomic mass is 10.2. The monoisotopic (exact) mass is 235 g/mol. The minimum atomic E-state index is -4.45. The van der Waals surface area contributed by atoms with E-state index in [9.17, 15) is 23.3 Å². The molecular weight excluding hydrogens is 227 g/mol. The molecule has 1 aromatic carbocycles. The molecule has 0 aromatic heterocycles. The smallest absolute Gasteiger partial charge is 0.393 e. The number of benzene rings is 1. The van der Waals surface area contributed by atoms with Gasteiger partial charge in [0.2, 0.25) is 0 Å². The second-order valence-corrected chi connectivity index (χ2v) is 2.97. The first-order valence-electron chi connectivity index (χ1n) is 4.15. The van der Waals surface area contributed by atoms with Crippen molar-refractivity contribution in [2.75, 3.05) is 17.6 Å². The van der Waals surface area contributed by atoms with Crippen LogP contribution in [0.5, 0.6) is 0 Å². The van der Waals surface area contributed by atoms with Crippen molar-refractivity contribution in [3.8, 4) is 0 Å². The first-order chi connectivity index (χ1) is 7.31. The fourth-order valence-electron chi connectivity index (χ4n) is 1.10. The molecule has 0 aliphatic heterocycles. The van der Waals surface area contributed by atoms with Crippen molar-refractivity contribution in [2.45, 2.75) is 6.18 Å². The summed E-state index contributed by atoms with van der Waals surface area (Å²) in [4.78, 5) is 9.75. The van der Waals surface area contributed by atoms with Crippen LogP contribution in [0.1, 0.15) is 0 Å². The summed E-state index contributed by atoms with van der Waals surface area (Å²) >= 11 is 0. The van der Waals surface area contributed by atoms with Gasteiger partial charge in [-0.25, -0.2) is 0 Å². The Hall–Kier alpha value is -1.99. The number of anilines is 2. The quantitative estimate of drug-likeness (QED) is 0.477. The number of nitrogen functional groups attached to an aromatic ring is 1. The van der Waals surface area contributed by atoms with Gasteiger partial charge in [0.15, 0.2) is 0 Å². The molecule has 88 valence electrons. The van der Waals surface area contributed by atoms with Gasteiger partial charge >= 0.3 is 11.9 Å². The zero-order valence-electron chi connectivity index (χ0n) is 7.91. The van der Waals surface area contributed by atoms with E-state index in [1.165, 1.54) is 18.2 Å². The molecule has 0 spiro atoms. The molecule has 8 heteroatoms. The molecule has 0 atom stereocenters. The largest absolute Gasteiger partial charge is 0.405 e. The van der Waals surface area contributed by atoms with E-state index < -0.39 is 23.3 Å². The Kier molecular flexibility index (Phi) is 3.21. The van der Waals surface area contributed by atoms with Gasteiger partial charge in [0, 0.05) is 0 Å². The molecule has 0 aliphatic carbocycles. The average Bonchev–Trinajstić information content (AvgIpc) is 2.12. The predicted octanol–water partition coefficient (Wildman–Crippen LogP) is 2.15. The molecule has 5 nitrogen and oxygen atoms in total. The van der Waals surface area contributed by atoms with Crippen LogP contribution < -0.4 is 11.1 Å². The standard InChI is InChI=1S/C8H8F3N3O2/c9-8(10,11)4-13-6-3-1-2-5(12)7(6)14(15)16/h1-3,13H,4,12H2. The molecule has 0 saturated carbocycles. The number of nitro groups is 1. The molecule has 0 unspecified atom stereocenters. The third kappa shape index (κ3) is 3.01. The Morgan fingerprint density at radius 1 is 1.44 bits per heavy atom. The van der Waals surface area contributed by atoms with Crippen LogP contribution in [-0.4, -0.2) is 17.6 Å². The topological polar surface area (TPSA) is 81.2 Å². The molecule has 0 saturated heterocycles. The summed E-state index contributed by atoms with van der Waals surface area (Å²) in [6, 6.07) is 3.75. The first-order valence-corrected chi connectivity index (χ1v) is 4.15. The highest BCUT2D eigenvalue weighted by Crippen LogP contribution is 2.31. The summed E-state index contributed by atoms with van der Waals surface area (Å²) in [5, 5.41) is 12.5. The molecule has 0 aliphatic rings. The van der Waals surface area contributed by atoms with Gasteiger partial charge in [0.1, 0.15) is 17.9 Å². The summed E-state index contributed by atoms with van der Waals surface area (Å²) in [5.41, 5.74) is 4.32. The summed E-state index contributed by atoms with van der Waals surface area (Å²) < 4.78 is 35.7. The Balaban J connectivity index is 2.96. The highest BCUT2D eigenvalue weighted by Gasteiger charge is 2.28. The number of rotatable bonds is 3. The van der Waals surface area contributed by atoms with Gasteiger partial charge in [-0.15, -0.1) is 0 Å². The molecule has 0 heterocycles. The van der Waals surface area contributed by atoms with E-state index in [1.807, 2.05) is 5.32 Å². The van der Waals surface area contributed by atoms with Crippen LogP contribution in [0.3, 0.4) is 0 Å². The van der Waals surface area contributed by atoms with Gasteiger partial charge in [-0.1, -0.05) is 6.07 Å². The maximum absolute atomic E-state index is 11.9. The number of alkyl halides is 3. The van der Waals surface area contributed by atoms with Gasteiger partial charge in [-0.3, -0.25) is 10.1 Å². The van der Waals surface area contributed by atoms with Gasteiger partial charge in [0.05, 0.1) is 4.92 Å². The molecule has 1 aromatic rings. The molecule has 0 bridgehead atoms. The van der Waals surface area contributed by atoms with Crippen molar-refractivity contribution in [1.29, 1.82) is 0 Å². The number of hydrogen-bond acceptors (Lipinski definition) is 4. The number of nitro benzene ring substituents is 1. The zero-order valence-corrected chi connectivity index (χ0v) is 7.91. The third-order valence-electron chi connectivity index (χ3n) is 1.73. The number of nitrogens with one attached hydrogen (secondary N) is 1. The fourth-order valence-corrected chi connectivity index (χ4v) is 1.10. The summed E-state index contributed by atoms with van der Waals surface area (Å²) in [5.74, 6) is 0. The van der Waals surface area contributed by atoms with E-state index in [2.05, 4.69) is 0 Å². The van der Waals surface area contributed by atoms with Gasteiger partial charge in [-0.2, -0.15) is 13.2 Å². The Morgan fingerprint density at radius 2 is 2.06 bits per heavy atom. The lowest BCUT2D eigenvalue weighted by Crippen LogP contribution is -2.21. The Bertz CT molecular complexity index is 406. The number of halogens is 3. The number of nitrogens with zero attached hydrogens (tertiary/aromatic N) is 1. The van der Waals surface area contributed by atoms with Gasteiger partial charge in [-0.05, 0) is 12.1 Å². The minimum absolute atomic E-state index is 0.183. The lowest BCUT2D eigenvalue weighted by molar-refractivity contribution is -0.383. The van der Waals surface area contributed by atoms with Crippen LogP contribution >= 0.6 is 0 Å². The second-order valence-electron chi connectivity index (χ2n) is 2.97. The third-order valence-corrected chi connectivity index (χ3v) is 1.73. The predicted molar refractivity (Wildman–Crippen MR) is 52.1 cm³/mol. The van der Waals surface area contributed by atoms with Crippen molar-refractivity contribution in [3.63, 3.8) is 0 Å². The van der Waals surface area contributed by atoms with Gasteiger partial charge < -0.3 is 11.1 Å². The average molecular weight is 235 g/mol. The van der Waals surface area contributed by atoms with Crippen molar-refractivity contribution >= 4 is 17.1 Å². The van der Waals surface area contributed by atoms with Crippen molar-refractivity contribution in [1.82, 2.24) is 0 Å². The summed E-state index contributed by atoms with van der Waals surface area (Å²) in [6.07, 6.45) is -4.45. The highest BCUT2D eigenvalue weighted by molar-refractivity contribution is 5.74. The highest BCUT2D eigenvalue weighted by atomic mass is 19.4. The minimum Gasteiger partial charge on any atom is -0.393 e. The van der Waals surface area contributed by atoms with E-state index in [-0.39, 0.29) is 11.4 Å². The van der Waals surface area contributed by atoms with Crippen molar-refractivity contribution in [3.05, 3.63) is 28.3 Å². The van der Waals surface area contributed by atoms with E-state index in [4.69, 9.17) is 5.73 Å². The first kappa shape index (κ1) is 12.1. The molecule has 0 radical (unpaired) electrons. The van der Waals surface area contributed by atoms with Crippen LogP contribution in [0.15, 0.2) is 18.2 Å². The molecule has 16 heavy (non-hydrogen) atoms. The lowest BCUT2D eigenvalue weighted by Gasteiger charge is -2.10. The Labute approximate surface area is 88.2 Å². The maximum atomic E-state index is 11.9. The Morgan fingerprint density at radius 3 is 2.56 bits per heavy atom. The number of para-hydroxylation sites is 1. The summed E-state index contributed by atoms with van der Waals surface area (Å²) in [6.45, 7) is -1.35. The molecule has 1 rings (SSSR count). The zero-order chi connectivity index (χ0) is 12.3. The number of hydrogen-bond donors (Lipinski definition) is 2. The molecular formula is C8H8F3N3O2. The fraction of sp³-hybridized carbons (Fsp3) is 0.250. The maximum Gasteiger partial charge on any atom is 0.405 e. The molecule has 0 fully saturated rings. The van der Waals surface area contributed by atoms with Crippen LogP contribution in [0.2, 0.25) is 0 Å². The number of nitrogens with two attached hydrogens (primary N) is 1.